The van der Waals surface area contributed by atoms with Crippen LogP contribution in [0.15, 0.2) is 42.5 Å². The summed E-state index contributed by atoms with van der Waals surface area (Å²) in [6.45, 7) is 3.64. The van der Waals surface area contributed by atoms with E-state index in [-0.39, 0.29) is 17.4 Å². The molecule has 0 bridgehead atoms. The number of hydrogen-bond donors (Lipinski definition) is 0. The zero-order chi connectivity index (χ0) is 19.8. The Hall–Kier alpha value is -3.15. The fourth-order valence-corrected chi connectivity index (χ4v) is 3.73. The fraction of sp³-hybridized carbons (Fsp3) is 0.318. The van der Waals surface area contributed by atoms with Crippen molar-refractivity contribution in [1.82, 2.24) is 4.90 Å². The van der Waals surface area contributed by atoms with Crippen molar-refractivity contribution < 1.29 is 19.1 Å². The van der Waals surface area contributed by atoms with Gasteiger partial charge in [0.25, 0.3) is 17.7 Å². The second-order valence-corrected chi connectivity index (χ2v) is 7.38. The Balaban J connectivity index is 1.61. The highest BCUT2D eigenvalue weighted by molar-refractivity contribution is 6.34. The highest BCUT2D eigenvalue weighted by Crippen LogP contribution is 2.30. The van der Waals surface area contributed by atoms with Gasteiger partial charge in [-0.1, -0.05) is 6.92 Å². The van der Waals surface area contributed by atoms with Crippen LogP contribution in [0.4, 0.5) is 5.69 Å². The van der Waals surface area contributed by atoms with Gasteiger partial charge in [0.05, 0.1) is 23.9 Å². The molecule has 1 saturated heterocycles. The summed E-state index contributed by atoms with van der Waals surface area (Å²) in [7, 11) is 1.55. The van der Waals surface area contributed by atoms with Crippen LogP contribution in [-0.4, -0.2) is 42.8 Å². The zero-order valence-corrected chi connectivity index (χ0v) is 16.0. The predicted octanol–water partition coefficient (Wildman–Crippen LogP) is 3.37. The molecule has 0 saturated carbocycles. The molecule has 0 aliphatic carbocycles. The molecule has 2 aliphatic heterocycles. The van der Waals surface area contributed by atoms with E-state index in [0.29, 0.717) is 28.5 Å². The van der Waals surface area contributed by atoms with Crippen LogP contribution in [0.1, 0.15) is 50.8 Å². The van der Waals surface area contributed by atoms with Gasteiger partial charge in [0.2, 0.25) is 0 Å². The Kier molecular flexibility index (Phi) is 4.63. The number of amides is 3. The minimum atomic E-state index is -0.410. The zero-order valence-electron chi connectivity index (χ0n) is 16.0. The van der Waals surface area contributed by atoms with Crippen molar-refractivity contribution in [3.8, 4) is 5.75 Å². The maximum absolute atomic E-state index is 12.9. The summed E-state index contributed by atoms with van der Waals surface area (Å²) in [6, 6.07) is 11.5. The third-order valence-corrected chi connectivity index (χ3v) is 5.53. The van der Waals surface area contributed by atoms with Crippen LogP contribution in [0.2, 0.25) is 0 Å². The summed E-state index contributed by atoms with van der Waals surface area (Å²) in [5.74, 6) is 0.395. The van der Waals surface area contributed by atoms with Gasteiger partial charge in [0, 0.05) is 18.7 Å². The number of rotatable bonds is 3. The lowest BCUT2D eigenvalue weighted by molar-refractivity contribution is 0.0697. The van der Waals surface area contributed by atoms with Gasteiger partial charge in [-0.05, 0) is 61.2 Å². The summed E-state index contributed by atoms with van der Waals surface area (Å²) < 4.78 is 5.12. The van der Waals surface area contributed by atoms with E-state index in [1.54, 1.807) is 49.6 Å². The molecule has 3 amide bonds. The van der Waals surface area contributed by atoms with Gasteiger partial charge in [0.1, 0.15) is 5.75 Å². The van der Waals surface area contributed by atoms with Crippen molar-refractivity contribution in [2.24, 2.45) is 5.92 Å². The largest absolute Gasteiger partial charge is 0.497 e. The SMILES string of the molecule is COc1ccc(N2C(=O)c3ccc(C(=O)N4CCC(C)CC4)cc3C2=O)cc1. The molecular weight excluding hydrogens is 356 g/mol. The lowest BCUT2D eigenvalue weighted by Crippen LogP contribution is -2.38. The molecule has 0 unspecified atom stereocenters. The third kappa shape index (κ3) is 3.05. The quantitative estimate of drug-likeness (QED) is 0.768. The van der Waals surface area contributed by atoms with Crippen molar-refractivity contribution in [2.45, 2.75) is 19.8 Å². The van der Waals surface area contributed by atoms with Gasteiger partial charge in [-0.2, -0.15) is 0 Å². The predicted molar refractivity (Wildman–Crippen MR) is 105 cm³/mol. The molecule has 2 aromatic rings. The Morgan fingerprint density at radius 2 is 1.61 bits per heavy atom. The number of anilines is 1. The number of likely N-dealkylation sites (tertiary alicyclic amines) is 1. The molecule has 2 aliphatic rings. The summed E-state index contributed by atoms with van der Waals surface area (Å²) in [5.41, 5.74) is 1.53. The molecule has 28 heavy (non-hydrogen) atoms. The highest BCUT2D eigenvalue weighted by atomic mass is 16.5. The van der Waals surface area contributed by atoms with Crippen molar-refractivity contribution >= 4 is 23.4 Å². The molecule has 0 radical (unpaired) electrons. The number of benzene rings is 2. The second kappa shape index (κ2) is 7.11. The van der Waals surface area contributed by atoms with Crippen molar-refractivity contribution in [1.29, 1.82) is 0 Å². The molecular formula is C22H22N2O4. The highest BCUT2D eigenvalue weighted by Gasteiger charge is 2.37. The number of carbonyl (C=O) groups excluding carboxylic acids is 3. The smallest absolute Gasteiger partial charge is 0.266 e. The van der Waals surface area contributed by atoms with Gasteiger partial charge in [-0.15, -0.1) is 0 Å². The number of piperidine rings is 1. The lowest BCUT2D eigenvalue weighted by Gasteiger charge is -2.30. The number of fused-ring (bicyclic) bond motifs is 1. The summed E-state index contributed by atoms with van der Waals surface area (Å²) in [6.07, 6.45) is 1.97. The van der Waals surface area contributed by atoms with Gasteiger partial charge >= 0.3 is 0 Å². The first kappa shape index (κ1) is 18.2. The van der Waals surface area contributed by atoms with E-state index in [1.165, 1.54) is 0 Å². The molecule has 6 heteroatoms. The average Bonchev–Trinajstić information content (AvgIpc) is 2.98. The first-order chi connectivity index (χ1) is 13.5. The maximum Gasteiger partial charge on any atom is 0.266 e. The van der Waals surface area contributed by atoms with E-state index in [4.69, 9.17) is 4.74 Å². The van der Waals surface area contributed by atoms with E-state index in [2.05, 4.69) is 6.92 Å². The van der Waals surface area contributed by atoms with Crippen LogP contribution in [0.5, 0.6) is 5.75 Å². The van der Waals surface area contributed by atoms with Gasteiger partial charge in [-0.3, -0.25) is 14.4 Å². The van der Waals surface area contributed by atoms with Gasteiger partial charge < -0.3 is 9.64 Å². The average molecular weight is 378 g/mol. The van der Waals surface area contributed by atoms with Crippen LogP contribution < -0.4 is 9.64 Å². The molecule has 0 aromatic heterocycles. The van der Waals surface area contributed by atoms with Crippen LogP contribution in [0.3, 0.4) is 0 Å². The topological polar surface area (TPSA) is 66.9 Å². The van der Waals surface area contributed by atoms with Crippen LogP contribution in [0, 0.1) is 5.92 Å². The van der Waals surface area contributed by atoms with E-state index in [9.17, 15) is 14.4 Å². The lowest BCUT2D eigenvalue weighted by atomic mass is 9.98. The number of ether oxygens (including phenoxy) is 1. The molecule has 4 rings (SSSR count). The third-order valence-electron chi connectivity index (χ3n) is 5.53. The van der Waals surface area contributed by atoms with Gasteiger partial charge in [-0.25, -0.2) is 4.90 Å². The maximum atomic E-state index is 12.9. The fourth-order valence-electron chi connectivity index (χ4n) is 3.73. The Morgan fingerprint density at radius 3 is 2.25 bits per heavy atom. The first-order valence-electron chi connectivity index (χ1n) is 9.45. The molecule has 6 nitrogen and oxygen atoms in total. The van der Waals surface area contributed by atoms with Crippen molar-refractivity contribution in [3.63, 3.8) is 0 Å². The number of nitrogens with zero attached hydrogens (tertiary/aromatic N) is 2. The minimum Gasteiger partial charge on any atom is -0.497 e. The molecule has 2 heterocycles. The van der Waals surface area contributed by atoms with E-state index >= 15 is 0 Å². The number of imide groups is 1. The number of methoxy groups -OCH3 is 1. The second-order valence-electron chi connectivity index (χ2n) is 7.38. The van der Waals surface area contributed by atoms with E-state index in [1.807, 2.05) is 4.90 Å². The van der Waals surface area contributed by atoms with Gasteiger partial charge in [0.15, 0.2) is 0 Å². The summed E-state index contributed by atoms with van der Waals surface area (Å²) >= 11 is 0. The molecule has 144 valence electrons. The Bertz CT molecular complexity index is 944. The normalized spacial score (nSPS) is 17.1. The van der Waals surface area contributed by atoms with E-state index in [0.717, 1.165) is 30.8 Å². The van der Waals surface area contributed by atoms with Crippen molar-refractivity contribution in [2.75, 3.05) is 25.1 Å². The molecule has 0 spiro atoms. The van der Waals surface area contributed by atoms with Crippen LogP contribution in [-0.2, 0) is 0 Å². The molecule has 1 fully saturated rings. The monoisotopic (exact) mass is 378 g/mol. The Labute approximate surface area is 163 Å². The Morgan fingerprint density at radius 1 is 0.964 bits per heavy atom. The molecule has 2 aromatic carbocycles. The summed E-state index contributed by atoms with van der Waals surface area (Å²) in [4.78, 5) is 41.4. The van der Waals surface area contributed by atoms with Crippen molar-refractivity contribution in [3.05, 3.63) is 59.2 Å². The summed E-state index contributed by atoms with van der Waals surface area (Å²) in [5, 5.41) is 0. The van der Waals surface area contributed by atoms with Crippen LogP contribution >= 0.6 is 0 Å². The minimum absolute atomic E-state index is 0.0853. The van der Waals surface area contributed by atoms with Crippen LogP contribution in [0.25, 0.3) is 0 Å². The number of hydrogen-bond acceptors (Lipinski definition) is 4. The van der Waals surface area contributed by atoms with E-state index < -0.39 is 5.91 Å². The molecule has 0 N–H and O–H groups in total. The molecule has 0 atom stereocenters. The standard InChI is InChI=1S/C22H22N2O4/c1-14-9-11-23(12-10-14)20(25)15-3-8-18-19(13-15)22(27)24(21(18)26)16-4-6-17(28-2)7-5-16/h3-8,13-14H,9-12H2,1-2H3. The first-order valence-corrected chi connectivity index (χ1v) is 9.45. The number of carbonyl (C=O) groups is 3.